The highest BCUT2D eigenvalue weighted by atomic mass is 79.9. The Morgan fingerprint density at radius 2 is 2.22 bits per heavy atom. The molecule has 0 spiro atoms. The summed E-state index contributed by atoms with van der Waals surface area (Å²) in [5.74, 6) is -0.00677. The topological polar surface area (TPSA) is 57.3 Å². The molecule has 1 atom stereocenters. The van der Waals surface area contributed by atoms with Crippen LogP contribution >= 0.6 is 15.9 Å². The summed E-state index contributed by atoms with van der Waals surface area (Å²) in [5.41, 5.74) is 1.93. The molecule has 3 rings (SSSR count). The van der Waals surface area contributed by atoms with Gasteiger partial charge in [0.15, 0.2) is 0 Å². The number of nitrogens with one attached hydrogen (secondary N) is 2. The summed E-state index contributed by atoms with van der Waals surface area (Å²) in [6.45, 7) is 2.92. The zero-order chi connectivity index (χ0) is 16.1. The van der Waals surface area contributed by atoms with Crippen molar-refractivity contribution < 1.29 is 4.79 Å². The van der Waals surface area contributed by atoms with Gasteiger partial charge in [0, 0.05) is 42.5 Å². The van der Waals surface area contributed by atoms with E-state index in [4.69, 9.17) is 0 Å². The van der Waals surface area contributed by atoms with Crippen LogP contribution in [0.3, 0.4) is 0 Å². The van der Waals surface area contributed by atoms with Gasteiger partial charge < -0.3 is 10.6 Å². The van der Waals surface area contributed by atoms with Gasteiger partial charge in [-0.15, -0.1) is 0 Å². The molecule has 120 valence electrons. The second kappa shape index (κ2) is 7.68. The summed E-state index contributed by atoms with van der Waals surface area (Å²) in [6, 6.07) is 11.8. The van der Waals surface area contributed by atoms with Gasteiger partial charge in [-0.2, -0.15) is 0 Å². The number of hydrogen-bond donors (Lipinski definition) is 2. The van der Waals surface area contributed by atoms with Crippen LogP contribution in [0.25, 0.3) is 0 Å². The van der Waals surface area contributed by atoms with Crippen molar-refractivity contribution in [2.45, 2.75) is 6.04 Å². The van der Waals surface area contributed by atoms with Gasteiger partial charge in [-0.25, -0.2) is 0 Å². The Morgan fingerprint density at radius 3 is 3.00 bits per heavy atom. The molecule has 1 unspecified atom stereocenters. The fourth-order valence-corrected chi connectivity index (χ4v) is 3.16. The van der Waals surface area contributed by atoms with Gasteiger partial charge in [0.1, 0.15) is 0 Å². The summed E-state index contributed by atoms with van der Waals surface area (Å²) in [4.78, 5) is 18.8. The van der Waals surface area contributed by atoms with E-state index in [0.29, 0.717) is 6.54 Å². The van der Waals surface area contributed by atoms with Crippen LogP contribution in [0, 0.1) is 0 Å². The van der Waals surface area contributed by atoms with Crippen LogP contribution in [-0.2, 0) is 4.79 Å². The fourth-order valence-electron chi connectivity index (χ4n) is 2.77. The van der Waals surface area contributed by atoms with E-state index in [1.54, 1.807) is 6.20 Å². The zero-order valence-electron chi connectivity index (χ0n) is 12.7. The molecule has 0 saturated carbocycles. The maximum Gasteiger partial charge on any atom is 0.238 e. The summed E-state index contributed by atoms with van der Waals surface area (Å²) in [7, 11) is 0. The second-order valence-electron chi connectivity index (χ2n) is 5.50. The lowest BCUT2D eigenvalue weighted by Crippen LogP contribution is -2.48. The molecule has 1 fully saturated rings. The molecule has 1 saturated heterocycles. The van der Waals surface area contributed by atoms with Crippen LogP contribution in [0.1, 0.15) is 11.6 Å². The largest absolute Gasteiger partial charge is 0.324 e. The van der Waals surface area contributed by atoms with Crippen LogP contribution in [-0.4, -0.2) is 42.0 Å². The van der Waals surface area contributed by atoms with Gasteiger partial charge in [-0.1, -0.05) is 18.2 Å². The maximum absolute atomic E-state index is 12.4. The molecule has 1 aliphatic heterocycles. The normalized spacial score (nSPS) is 18.6. The molecule has 0 bridgehead atoms. The van der Waals surface area contributed by atoms with Gasteiger partial charge in [0.05, 0.1) is 12.2 Å². The van der Waals surface area contributed by atoms with Crippen LogP contribution in [0.4, 0.5) is 5.69 Å². The molecule has 23 heavy (non-hydrogen) atoms. The Hall–Kier alpha value is -1.76. The number of carbonyl (C=O) groups excluding carboxylic acids is 1. The van der Waals surface area contributed by atoms with Crippen molar-refractivity contribution in [3.8, 4) is 0 Å². The number of piperazine rings is 1. The van der Waals surface area contributed by atoms with Crippen LogP contribution in [0.15, 0.2) is 53.3 Å². The third-order valence-electron chi connectivity index (χ3n) is 3.92. The van der Waals surface area contributed by atoms with Crippen molar-refractivity contribution >= 4 is 27.5 Å². The number of anilines is 1. The quantitative estimate of drug-likeness (QED) is 0.862. The minimum absolute atomic E-state index is 0.00677. The average Bonchev–Trinajstić information content (AvgIpc) is 2.58. The average molecular weight is 375 g/mol. The molecule has 1 aromatic carbocycles. The van der Waals surface area contributed by atoms with Gasteiger partial charge in [0.25, 0.3) is 0 Å². The first-order chi connectivity index (χ1) is 11.2. The number of amides is 1. The monoisotopic (exact) mass is 374 g/mol. The Bertz CT molecular complexity index is 665. The molecule has 1 aliphatic rings. The Morgan fingerprint density at radius 1 is 1.35 bits per heavy atom. The highest BCUT2D eigenvalue weighted by Crippen LogP contribution is 2.23. The van der Waals surface area contributed by atoms with E-state index in [1.165, 1.54) is 0 Å². The number of para-hydroxylation sites is 1. The first-order valence-corrected chi connectivity index (χ1v) is 8.42. The predicted octanol–water partition coefficient (Wildman–Crippen LogP) is 2.43. The number of aromatic nitrogens is 1. The zero-order valence-corrected chi connectivity index (χ0v) is 14.3. The molecule has 2 heterocycles. The van der Waals surface area contributed by atoms with Crippen molar-refractivity contribution in [2.75, 3.05) is 31.5 Å². The number of nitrogens with zero attached hydrogens (tertiary/aromatic N) is 2. The highest BCUT2D eigenvalue weighted by molar-refractivity contribution is 9.10. The molecular weight excluding hydrogens is 356 g/mol. The Balaban J connectivity index is 1.67. The standard InChI is InChI=1S/C17H19BrN4O/c18-14-5-1-2-6-15(14)21-17(23)12-22-9-8-20-11-16(22)13-4-3-7-19-10-13/h1-7,10,16,20H,8-9,11-12H2,(H,21,23). The summed E-state index contributed by atoms with van der Waals surface area (Å²) in [5, 5.41) is 6.35. The Kier molecular flexibility index (Phi) is 5.38. The number of hydrogen-bond acceptors (Lipinski definition) is 4. The van der Waals surface area contributed by atoms with Crippen molar-refractivity contribution in [1.29, 1.82) is 0 Å². The number of halogens is 1. The molecule has 6 heteroatoms. The molecule has 0 radical (unpaired) electrons. The first kappa shape index (κ1) is 16.1. The number of benzene rings is 1. The summed E-state index contributed by atoms with van der Waals surface area (Å²) in [6.07, 6.45) is 3.64. The van der Waals surface area contributed by atoms with Crippen molar-refractivity contribution in [3.63, 3.8) is 0 Å². The van der Waals surface area contributed by atoms with Gasteiger partial charge in [0.2, 0.25) is 5.91 Å². The Labute approximate surface area is 144 Å². The van der Waals surface area contributed by atoms with E-state index in [0.717, 1.165) is 35.4 Å². The minimum Gasteiger partial charge on any atom is -0.324 e. The molecule has 2 N–H and O–H groups in total. The van der Waals surface area contributed by atoms with Crippen molar-refractivity contribution in [1.82, 2.24) is 15.2 Å². The first-order valence-electron chi connectivity index (χ1n) is 7.63. The third-order valence-corrected chi connectivity index (χ3v) is 4.61. The lowest BCUT2D eigenvalue weighted by atomic mass is 10.1. The van der Waals surface area contributed by atoms with Gasteiger partial charge in [-0.05, 0) is 39.7 Å². The minimum atomic E-state index is -0.00677. The van der Waals surface area contributed by atoms with Crippen molar-refractivity contribution in [3.05, 3.63) is 58.8 Å². The molecule has 2 aromatic rings. The number of rotatable bonds is 4. The SMILES string of the molecule is O=C(CN1CCNCC1c1cccnc1)Nc1ccccc1Br. The van der Waals surface area contributed by atoms with Gasteiger partial charge >= 0.3 is 0 Å². The van der Waals surface area contributed by atoms with E-state index in [2.05, 4.69) is 42.5 Å². The number of pyridine rings is 1. The highest BCUT2D eigenvalue weighted by Gasteiger charge is 2.25. The number of carbonyl (C=O) groups is 1. The summed E-state index contributed by atoms with van der Waals surface area (Å²) >= 11 is 3.45. The van der Waals surface area contributed by atoms with Crippen LogP contribution < -0.4 is 10.6 Å². The smallest absolute Gasteiger partial charge is 0.238 e. The lowest BCUT2D eigenvalue weighted by molar-refractivity contribution is -0.118. The van der Waals surface area contributed by atoms with Gasteiger partial charge in [-0.3, -0.25) is 14.7 Å². The second-order valence-corrected chi connectivity index (χ2v) is 6.36. The lowest BCUT2D eigenvalue weighted by Gasteiger charge is -2.35. The molecule has 1 amide bonds. The fraction of sp³-hybridized carbons (Fsp3) is 0.294. The van der Waals surface area contributed by atoms with Crippen LogP contribution in [0.2, 0.25) is 0 Å². The van der Waals surface area contributed by atoms with E-state index in [-0.39, 0.29) is 11.9 Å². The van der Waals surface area contributed by atoms with Crippen LogP contribution in [0.5, 0.6) is 0 Å². The molecule has 5 nitrogen and oxygen atoms in total. The third kappa shape index (κ3) is 4.16. The van der Waals surface area contributed by atoms with Crippen molar-refractivity contribution in [2.24, 2.45) is 0 Å². The summed E-state index contributed by atoms with van der Waals surface area (Å²) < 4.78 is 0.887. The maximum atomic E-state index is 12.4. The van der Waals surface area contributed by atoms with E-state index >= 15 is 0 Å². The van der Waals surface area contributed by atoms with E-state index < -0.39 is 0 Å². The predicted molar refractivity (Wildman–Crippen MR) is 94.2 cm³/mol. The molecular formula is C17H19BrN4O. The van der Waals surface area contributed by atoms with E-state index in [1.807, 2.05) is 36.5 Å². The molecule has 0 aliphatic carbocycles. The van der Waals surface area contributed by atoms with E-state index in [9.17, 15) is 4.79 Å². The molecule has 1 aromatic heterocycles.